The van der Waals surface area contributed by atoms with Gasteiger partial charge in [0.15, 0.2) is 0 Å². The van der Waals surface area contributed by atoms with Crippen LogP contribution in [0.1, 0.15) is 31.2 Å². The first-order valence-corrected chi connectivity index (χ1v) is 6.13. The summed E-state index contributed by atoms with van der Waals surface area (Å²) in [6.07, 6.45) is 6.66. The molecule has 18 heavy (non-hydrogen) atoms. The third kappa shape index (κ3) is 3.48. The molecular weight excluding hydrogens is 228 g/mol. The molecule has 0 amide bonds. The monoisotopic (exact) mass is 246 g/mol. The van der Waals surface area contributed by atoms with E-state index in [1.165, 1.54) is 12.8 Å². The van der Waals surface area contributed by atoms with Crippen LogP contribution in [0.25, 0.3) is 0 Å². The molecule has 1 aliphatic rings. The van der Waals surface area contributed by atoms with Crippen LogP contribution < -0.4 is 16.2 Å². The van der Waals surface area contributed by atoms with Crippen molar-refractivity contribution >= 4 is 12.2 Å². The molecule has 0 aromatic heterocycles. The summed E-state index contributed by atoms with van der Waals surface area (Å²) in [6, 6.07) is 7.74. The topological polar surface area (TPSA) is 86.0 Å². The first kappa shape index (κ1) is 12.4. The second-order valence-electron chi connectivity index (χ2n) is 4.33. The number of para-hydroxylation sites is 1. The van der Waals surface area contributed by atoms with Gasteiger partial charge in [0.1, 0.15) is 5.75 Å². The molecule has 0 atom stereocenters. The molecule has 96 valence electrons. The Bertz CT molecular complexity index is 446. The lowest BCUT2D eigenvalue weighted by Gasteiger charge is -2.14. The van der Waals surface area contributed by atoms with Crippen LogP contribution in [0.4, 0.5) is 0 Å². The van der Waals surface area contributed by atoms with Gasteiger partial charge in [-0.05, 0) is 37.8 Å². The van der Waals surface area contributed by atoms with Crippen molar-refractivity contribution in [2.45, 2.75) is 31.8 Å². The molecular formula is C13H18N4O. The van der Waals surface area contributed by atoms with Crippen LogP contribution in [-0.4, -0.2) is 18.3 Å². The molecule has 1 fully saturated rings. The first-order chi connectivity index (χ1) is 8.75. The smallest absolute Gasteiger partial charge is 0.211 e. The number of hydrogen-bond donors (Lipinski definition) is 2. The van der Waals surface area contributed by atoms with E-state index in [-0.39, 0.29) is 5.96 Å². The Hall–Kier alpha value is -2.04. The van der Waals surface area contributed by atoms with E-state index in [2.05, 4.69) is 10.2 Å². The summed E-state index contributed by atoms with van der Waals surface area (Å²) in [5, 5.41) is 7.39. The molecule has 1 aromatic carbocycles. The third-order valence-corrected chi connectivity index (χ3v) is 2.88. The summed E-state index contributed by atoms with van der Waals surface area (Å²) in [6.45, 7) is 0. The fourth-order valence-electron chi connectivity index (χ4n) is 2.04. The maximum atomic E-state index is 5.96. The van der Waals surface area contributed by atoms with Crippen LogP contribution in [0.15, 0.2) is 34.5 Å². The molecule has 1 saturated carbocycles. The van der Waals surface area contributed by atoms with Gasteiger partial charge in [0.05, 0.1) is 12.3 Å². The third-order valence-electron chi connectivity index (χ3n) is 2.88. The Morgan fingerprint density at radius 2 is 1.94 bits per heavy atom. The van der Waals surface area contributed by atoms with Crippen LogP contribution in [0.5, 0.6) is 5.75 Å². The van der Waals surface area contributed by atoms with Gasteiger partial charge in [0.25, 0.3) is 0 Å². The highest BCUT2D eigenvalue weighted by Gasteiger charge is 2.17. The standard InChI is InChI=1S/C13H18N4O/c14-13(15)17-16-9-10-5-1-4-8-12(10)18-11-6-2-3-7-11/h1,4-5,8-9,11H,2-3,6-7H2,(H4,14,15,17). The molecule has 0 unspecified atom stereocenters. The lowest BCUT2D eigenvalue weighted by Crippen LogP contribution is -2.21. The summed E-state index contributed by atoms with van der Waals surface area (Å²) in [5.74, 6) is 0.777. The van der Waals surface area contributed by atoms with E-state index in [9.17, 15) is 0 Å². The summed E-state index contributed by atoms with van der Waals surface area (Å²) in [4.78, 5) is 0. The molecule has 0 spiro atoms. The summed E-state index contributed by atoms with van der Waals surface area (Å²) in [7, 11) is 0. The maximum Gasteiger partial charge on any atom is 0.211 e. The maximum absolute atomic E-state index is 5.96. The Balaban J connectivity index is 2.09. The number of nitrogens with zero attached hydrogens (tertiary/aromatic N) is 2. The zero-order valence-corrected chi connectivity index (χ0v) is 10.2. The number of ether oxygens (including phenoxy) is 1. The second kappa shape index (κ2) is 6.05. The minimum absolute atomic E-state index is 0.0551. The van der Waals surface area contributed by atoms with E-state index in [4.69, 9.17) is 16.2 Å². The molecule has 0 heterocycles. The SMILES string of the molecule is NC(N)=NN=Cc1ccccc1OC1CCCC1. The average molecular weight is 246 g/mol. The van der Waals surface area contributed by atoms with E-state index in [1.807, 2.05) is 24.3 Å². The first-order valence-electron chi connectivity index (χ1n) is 6.13. The predicted molar refractivity (Wildman–Crippen MR) is 72.7 cm³/mol. The zero-order chi connectivity index (χ0) is 12.8. The van der Waals surface area contributed by atoms with E-state index < -0.39 is 0 Å². The van der Waals surface area contributed by atoms with Crippen molar-refractivity contribution in [3.05, 3.63) is 29.8 Å². The van der Waals surface area contributed by atoms with Crippen molar-refractivity contribution in [2.75, 3.05) is 0 Å². The lowest BCUT2D eigenvalue weighted by atomic mass is 10.2. The van der Waals surface area contributed by atoms with Gasteiger partial charge in [-0.1, -0.05) is 12.1 Å². The lowest BCUT2D eigenvalue weighted by molar-refractivity contribution is 0.210. The minimum Gasteiger partial charge on any atom is -0.490 e. The van der Waals surface area contributed by atoms with E-state index in [0.29, 0.717) is 6.10 Å². The molecule has 1 aromatic rings. The Labute approximate surface area is 107 Å². The van der Waals surface area contributed by atoms with E-state index >= 15 is 0 Å². The average Bonchev–Trinajstić information content (AvgIpc) is 2.84. The van der Waals surface area contributed by atoms with Crippen molar-refractivity contribution in [1.82, 2.24) is 0 Å². The number of hydrogen-bond acceptors (Lipinski definition) is 3. The van der Waals surface area contributed by atoms with Crippen molar-refractivity contribution in [2.24, 2.45) is 21.7 Å². The van der Waals surface area contributed by atoms with Crippen LogP contribution in [0, 0.1) is 0 Å². The highest BCUT2D eigenvalue weighted by molar-refractivity contribution is 5.84. The number of nitrogens with two attached hydrogens (primary N) is 2. The van der Waals surface area contributed by atoms with E-state index in [1.54, 1.807) is 6.21 Å². The Kier molecular flexibility index (Phi) is 4.17. The Morgan fingerprint density at radius 3 is 2.67 bits per heavy atom. The fraction of sp³-hybridized carbons (Fsp3) is 0.385. The van der Waals surface area contributed by atoms with Crippen molar-refractivity contribution < 1.29 is 4.74 Å². The van der Waals surface area contributed by atoms with E-state index in [0.717, 1.165) is 24.2 Å². The van der Waals surface area contributed by atoms with Gasteiger partial charge in [-0.3, -0.25) is 0 Å². The number of rotatable bonds is 4. The molecule has 2 rings (SSSR count). The molecule has 0 bridgehead atoms. The van der Waals surface area contributed by atoms with Crippen molar-refractivity contribution in [1.29, 1.82) is 0 Å². The predicted octanol–water partition coefficient (Wildman–Crippen LogP) is 1.62. The van der Waals surface area contributed by atoms with Gasteiger partial charge in [0.2, 0.25) is 5.96 Å². The molecule has 0 aliphatic heterocycles. The molecule has 0 saturated heterocycles. The van der Waals surface area contributed by atoms with Gasteiger partial charge >= 0.3 is 0 Å². The van der Waals surface area contributed by atoms with Gasteiger partial charge < -0.3 is 16.2 Å². The Morgan fingerprint density at radius 1 is 1.22 bits per heavy atom. The summed E-state index contributed by atoms with van der Waals surface area (Å²) < 4.78 is 5.96. The van der Waals surface area contributed by atoms with Crippen LogP contribution in [0.3, 0.4) is 0 Å². The highest BCUT2D eigenvalue weighted by atomic mass is 16.5. The number of benzene rings is 1. The minimum atomic E-state index is -0.0551. The van der Waals surface area contributed by atoms with Gasteiger partial charge in [-0.2, -0.15) is 5.10 Å². The molecule has 5 nitrogen and oxygen atoms in total. The van der Waals surface area contributed by atoms with Crippen molar-refractivity contribution in [3.63, 3.8) is 0 Å². The van der Waals surface area contributed by atoms with Crippen LogP contribution in [0.2, 0.25) is 0 Å². The van der Waals surface area contributed by atoms with Gasteiger partial charge in [-0.25, -0.2) is 0 Å². The fourth-order valence-corrected chi connectivity index (χ4v) is 2.04. The molecule has 0 radical (unpaired) electrons. The molecule has 1 aliphatic carbocycles. The van der Waals surface area contributed by atoms with Gasteiger partial charge in [-0.15, -0.1) is 5.10 Å². The summed E-state index contributed by atoms with van der Waals surface area (Å²) >= 11 is 0. The highest BCUT2D eigenvalue weighted by Crippen LogP contribution is 2.25. The normalized spacial score (nSPS) is 16.0. The molecule has 5 heteroatoms. The molecule has 4 N–H and O–H groups in total. The number of guanidine groups is 1. The zero-order valence-electron chi connectivity index (χ0n) is 10.2. The van der Waals surface area contributed by atoms with Crippen LogP contribution in [-0.2, 0) is 0 Å². The van der Waals surface area contributed by atoms with Gasteiger partial charge in [0, 0.05) is 5.56 Å². The van der Waals surface area contributed by atoms with Crippen LogP contribution >= 0.6 is 0 Å². The summed E-state index contributed by atoms with van der Waals surface area (Å²) in [5.41, 5.74) is 11.3. The van der Waals surface area contributed by atoms with Crippen molar-refractivity contribution in [3.8, 4) is 5.75 Å². The quantitative estimate of drug-likeness (QED) is 0.481. The largest absolute Gasteiger partial charge is 0.490 e. The second-order valence-corrected chi connectivity index (χ2v) is 4.33.